The molecule has 0 radical (unpaired) electrons. The lowest BCUT2D eigenvalue weighted by Gasteiger charge is -2.18. The minimum atomic E-state index is -0.476. The zero-order chi connectivity index (χ0) is 22.6. The predicted octanol–water partition coefficient (Wildman–Crippen LogP) is 3.50. The van der Waals surface area contributed by atoms with Crippen LogP contribution in [0.5, 0.6) is 5.75 Å². The third-order valence-electron chi connectivity index (χ3n) is 5.53. The van der Waals surface area contributed by atoms with E-state index in [0.717, 1.165) is 35.5 Å². The molecule has 1 amide bonds. The second-order valence-corrected chi connectivity index (χ2v) is 7.99. The summed E-state index contributed by atoms with van der Waals surface area (Å²) in [5.41, 5.74) is 1.60. The van der Waals surface area contributed by atoms with Crippen molar-refractivity contribution in [3.05, 3.63) is 65.6 Å². The first-order valence-electron chi connectivity index (χ1n) is 10.7. The van der Waals surface area contributed by atoms with Gasteiger partial charge >= 0.3 is 0 Å². The van der Waals surface area contributed by atoms with Gasteiger partial charge in [0, 0.05) is 30.9 Å². The first-order valence-corrected chi connectivity index (χ1v) is 10.7. The Morgan fingerprint density at radius 3 is 2.56 bits per heavy atom. The monoisotopic (exact) mass is 432 g/mol. The van der Waals surface area contributed by atoms with Crippen molar-refractivity contribution in [3.63, 3.8) is 0 Å². The Hall–Kier alpha value is -3.68. The van der Waals surface area contributed by atoms with Crippen LogP contribution in [0.2, 0.25) is 0 Å². The van der Waals surface area contributed by atoms with E-state index in [1.54, 1.807) is 13.3 Å². The van der Waals surface area contributed by atoms with E-state index < -0.39 is 5.41 Å². The summed E-state index contributed by atoms with van der Waals surface area (Å²) < 4.78 is 5.46. The minimum Gasteiger partial charge on any atom is -0.496 e. The maximum absolute atomic E-state index is 12.9. The van der Waals surface area contributed by atoms with Gasteiger partial charge in [-0.3, -0.25) is 4.79 Å². The van der Waals surface area contributed by atoms with Gasteiger partial charge in [0.25, 0.3) is 0 Å². The Kier molecular flexibility index (Phi) is 6.20. The molecule has 166 valence electrons. The molecule has 2 aromatic heterocycles. The van der Waals surface area contributed by atoms with Crippen LogP contribution in [0.15, 0.2) is 48.7 Å². The molecule has 0 atom stereocenters. The largest absolute Gasteiger partial charge is 0.496 e. The van der Waals surface area contributed by atoms with Gasteiger partial charge in [0.1, 0.15) is 29.0 Å². The predicted molar refractivity (Wildman–Crippen MR) is 124 cm³/mol. The number of anilines is 3. The molecule has 2 heterocycles. The second-order valence-electron chi connectivity index (χ2n) is 7.99. The maximum atomic E-state index is 12.9. The number of benzene rings is 1. The van der Waals surface area contributed by atoms with E-state index in [4.69, 9.17) is 4.74 Å². The molecule has 32 heavy (non-hydrogen) atoms. The van der Waals surface area contributed by atoms with E-state index in [9.17, 15) is 4.79 Å². The molecule has 3 aromatic rings. The van der Waals surface area contributed by atoms with Crippen LogP contribution in [-0.4, -0.2) is 41.1 Å². The topological polar surface area (TPSA) is 101 Å². The zero-order valence-electron chi connectivity index (χ0n) is 18.6. The van der Waals surface area contributed by atoms with Crippen molar-refractivity contribution in [1.29, 1.82) is 0 Å². The standard InChI is InChI=1S/C24H28N6O2/c1-16-8-11-25-20(14-16)30-22-15-21(28-17(2)29-22)26-12-13-27-23(31)24(9-10-24)18-6-4-5-7-19(18)32-3/h4-8,11,14-15H,9-10,12-13H2,1-3H3,(H,27,31)(H2,25,26,28,29,30). The molecule has 0 saturated heterocycles. The number of para-hydroxylation sites is 1. The number of methoxy groups -OCH3 is 1. The molecule has 0 bridgehead atoms. The van der Waals surface area contributed by atoms with E-state index in [2.05, 4.69) is 30.9 Å². The number of nitrogens with zero attached hydrogens (tertiary/aromatic N) is 3. The Labute approximate surface area is 187 Å². The summed E-state index contributed by atoms with van der Waals surface area (Å²) in [6, 6.07) is 13.5. The van der Waals surface area contributed by atoms with Crippen LogP contribution in [-0.2, 0) is 10.2 Å². The summed E-state index contributed by atoms with van der Waals surface area (Å²) in [6.45, 7) is 4.89. The molecule has 8 heteroatoms. The number of carbonyl (C=O) groups excluding carboxylic acids is 1. The van der Waals surface area contributed by atoms with Crippen LogP contribution >= 0.6 is 0 Å². The summed E-state index contributed by atoms with van der Waals surface area (Å²) in [6.07, 6.45) is 3.42. The fourth-order valence-electron chi connectivity index (χ4n) is 3.78. The van der Waals surface area contributed by atoms with Gasteiger partial charge < -0.3 is 20.7 Å². The van der Waals surface area contributed by atoms with E-state index >= 15 is 0 Å². The average Bonchev–Trinajstić information content (AvgIpc) is 3.58. The normalized spacial score (nSPS) is 13.8. The number of aromatic nitrogens is 3. The van der Waals surface area contributed by atoms with Crippen molar-refractivity contribution in [2.75, 3.05) is 30.8 Å². The van der Waals surface area contributed by atoms with Gasteiger partial charge in [-0.15, -0.1) is 0 Å². The molecule has 3 N–H and O–H groups in total. The SMILES string of the molecule is COc1ccccc1C1(C(=O)NCCNc2cc(Nc3cc(C)ccn3)nc(C)n2)CC1. The summed E-state index contributed by atoms with van der Waals surface area (Å²) in [5.74, 6) is 3.52. The molecule has 1 aromatic carbocycles. The lowest BCUT2D eigenvalue weighted by molar-refractivity contribution is -0.123. The van der Waals surface area contributed by atoms with Crippen LogP contribution in [0.1, 0.15) is 29.8 Å². The molecular weight excluding hydrogens is 404 g/mol. The molecule has 1 aliphatic rings. The van der Waals surface area contributed by atoms with Crippen molar-refractivity contribution < 1.29 is 9.53 Å². The molecule has 8 nitrogen and oxygen atoms in total. The number of nitrogens with one attached hydrogen (secondary N) is 3. The molecule has 4 rings (SSSR count). The molecule has 0 unspecified atom stereocenters. The summed E-state index contributed by atoms with van der Waals surface area (Å²) in [5, 5.41) is 9.52. The minimum absolute atomic E-state index is 0.0375. The van der Waals surface area contributed by atoms with Crippen LogP contribution in [0.4, 0.5) is 17.5 Å². The van der Waals surface area contributed by atoms with Crippen molar-refractivity contribution >= 4 is 23.4 Å². The molecule has 1 saturated carbocycles. The highest BCUT2D eigenvalue weighted by Crippen LogP contribution is 2.51. The van der Waals surface area contributed by atoms with E-state index in [-0.39, 0.29) is 5.91 Å². The van der Waals surface area contributed by atoms with E-state index in [0.29, 0.717) is 30.5 Å². The number of pyridine rings is 1. The van der Waals surface area contributed by atoms with Crippen LogP contribution in [0.25, 0.3) is 0 Å². The number of carbonyl (C=O) groups is 1. The molecule has 1 aliphatic carbocycles. The zero-order valence-corrected chi connectivity index (χ0v) is 18.6. The van der Waals surface area contributed by atoms with Crippen LogP contribution in [0.3, 0.4) is 0 Å². The van der Waals surface area contributed by atoms with Gasteiger partial charge in [0.2, 0.25) is 5.91 Å². The van der Waals surface area contributed by atoms with Gasteiger partial charge in [-0.1, -0.05) is 18.2 Å². The van der Waals surface area contributed by atoms with Crippen molar-refractivity contribution in [2.24, 2.45) is 0 Å². The quantitative estimate of drug-likeness (QED) is 0.445. The summed E-state index contributed by atoms with van der Waals surface area (Å²) >= 11 is 0. The van der Waals surface area contributed by atoms with Gasteiger partial charge in [-0.05, 0) is 50.5 Å². The van der Waals surface area contributed by atoms with Gasteiger partial charge in [-0.2, -0.15) is 0 Å². The fourth-order valence-corrected chi connectivity index (χ4v) is 3.78. The third-order valence-corrected chi connectivity index (χ3v) is 5.53. The highest BCUT2D eigenvalue weighted by molar-refractivity contribution is 5.92. The third kappa shape index (κ3) is 4.80. The first-order chi connectivity index (χ1) is 15.5. The lowest BCUT2D eigenvalue weighted by atomic mass is 9.94. The Morgan fingerprint density at radius 1 is 1.03 bits per heavy atom. The van der Waals surface area contributed by atoms with Gasteiger partial charge in [0.05, 0.1) is 12.5 Å². The molecule has 0 aliphatic heterocycles. The molecular formula is C24H28N6O2. The average molecular weight is 433 g/mol. The summed E-state index contributed by atoms with van der Waals surface area (Å²) in [7, 11) is 1.64. The first kappa shape index (κ1) is 21.5. The number of ether oxygens (including phenoxy) is 1. The van der Waals surface area contributed by atoms with E-state index in [1.165, 1.54) is 0 Å². The smallest absolute Gasteiger partial charge is 0.230 e. The van der Waals surface area contributed by atoms with Crippen molar-refractivity contribution in [1.82, 2.24) is 20.3 Å². The fraction of sp³-hybridized carbons (Fsp3) is 0.333. The maximum Gasteiger partial charge on any atom is 0.230 e. The van der Waals surface area contributed by atoms with Gasteiger partial charge in [0.15, 0.2) is 0 Å². The number of hydrogen-bond acceptors (Lipinski definition) is 7. The van der Waals surface area contributed by atoms with E-state index in [1.807, 2.05) is 56.3 Å². The Morgan fingerprint density at radius 2 is 1.81 bits per heavy atom. The second kappa shape index (κ2) is 9.21. The van der Waals surface area contributed by atoms with Gasteiger partial charge in [-0.25, -0.2) is 15.0 Å². The van der Waals surface area contributed by atoms with Crippen LogP contribution in [0, 0.1) is 13.8 Å². The van der Waals surface area contributed by atoms with Crippen molar-refractivity contribution in [2.45, 2.75) is 32.1 Å². The Bertz CT molecular complexity index is 1110. The molecule has 0 spiro atoms. The van der Waals surface area contributed by atoms with Crippen molar-refractivity contribution in [3.8, 4) is 5.75 Å². The highest BCUT2D eigenvalue weighted by atomic mass is 16.5. The summed E-state index contributed by atoms with van der Waals surface area (Å²) in [4.78, 5) is 26.1. The Balaban J connectivity index is 1.33. The number of aryl methyl sites for hydroxylation is 2. The number of hydrogen-bond donors (Lipinski definition) is 3. The van der Waals surface area contributed by atoms with Crippen LogP contribution < -0.4 is 20.7 Å². The molecule has 1 fully saturated rings. The lowest BCUT2D eigenvalue weighted by Crippen LogP contribution is -2.37. The number of amides is 1. The number of rotatable bonds is 9. The highest BCUT2D eigenvalue weighted by Gasteiger charge is 2.52.